The molecule has 0 aliphatic heterocycles. The number of aliphatic hydroxyl groups is 1. The van der Waals surface area contributed by atoms with Crippen molar-refractivity contribution in [2.24, 2.45) is 0 Å². The van der Waals surface area contributed by atoms with E-state index in [1.807, 2.05) is 12.1 Å². The van der Waals surface area contributed by atoms with Crippen LogP contribution in [0.1, 0.15) is 6.92 Å². The Labute approximate surface area is 200 Å². The molecule has 9 nitrogen and oxygen atoms in total. The fourth-order valence-electron chi connectivity index (χ4n) is 3.16. The summed E-state index contributed by atoms with van der Waals surface area (Å²) in [6.07, 6.45) is 2.28. The molecule has 2 aromatic carbocycles. The topological polar surface area (TPSA) is 118 Å². The Bertz CT molecular complexity index is 1280. The number of pyridine rings is 1. The molecule has 2 aromatic heterocycles. The van der Waals surface area contributed by atoms with Gasteiger partial charge in [-0.3, -0.25) is 4.79 Å². The van der Waals surface area contributed by atoms with Crippen molar-refractivity contribution in [3.05, 3.63) is 72.1 Å². The van der Waals surface area contributed by atoms with E-state index in [4.69, 9.17) is 26.2 Å². The van der Waals surface area contributed by atoms with Crippen molar-refractivity contribution in [1.82, 2.24) is 20.3 Å². The van der Waals surface area contributed by atoms with E-state index < -0.39 is 6.10 Å². The lowest BCUT2D eigenvalue weighted by Crippen LogP contribution is -2.37. The van der Waals surface area contributed by atoms with Gasteiger partial charge in [0.05, 0.1) is 22.5 Å². The molecule has 0 saturated heterocycles. The molecular formula is C24H22ClN5O4. The average molecular weight is 480 g/mol. The highest BCUT2D eigenvalue weighted by atomic mass is 35.5. The first-order chi connectivity index (χ1) is 16.5. The maximum absolute atomic E-state index is 12.2. The number of ether oxygens (including phenoxy) is 2. The molecule has 174 valence electrons. The molecule has 0 unspecified atom stereocenters. The summed E-state index contributed by atoms with van der Waals surface area (Å²) in [5.74, 6) is 1.48. The Morgan fingerprint density at radius 1 is 1.09 bits per heavy atom. The summed E-state index contributed by atoms with van der Waals surface area (Å²) in [6, 6.07) is 15.9. The van der Waals surface area contributed by atoms with Gasteiger partial charge in [-0.1, -0.05) is 23.7 Å². The smallest absolute Gasteiger partial charge is 0.260 e. The van der Waals surface area contributed by atoms with Crippen LogP contribution < -0.4 is 20.1 Å². The number of amides is 1. The molecule has 3 N–H and O–H groups in total. The van der Waals surface area contributed by atoms with Crippen LogP contribution in [0, 0.1) is 0 Å². The molecule has 0 radical (unpaired) electrons. The zero-order chi connectivity index (χ0) is 23.9. The van der Waals surface area contributed by atoms with Crippen molar-refractivity contribution in [2.45, 2.75) is 13.0 Å². The van der Waals surface area contributed by atoms with E-state index in [-0.39, 0.29) is 19.1 Å². The summed E-state index contributed by atoms with van der Waals surface area (Å²) in [5.41, 5.74) is 1.31. The first kappa shape index (κ1) is 23.2. The molecule has 0 bridgehead atoms. The van der Waals surface area contributed by atoms with E-state index in [1.165, 1.54) is 6.33 Å². The first-order valence-corrected chi connectivity index (χ1v) is 10.9. The van der Waals surface area contributed by atoms with Crippen molar-refractivity contribution in [2.75, 3.05) is 18.5 Å². The maximum atomic E-state index is 12.2. The third kappa shape index (κ3) is 5.51. The number of hydrogen-bond acceptors (Lipinski definition) is 8. The SMILES string of the molecule is C[C@@H](Oc1cccc2ncnc(Nc3ccc(Oc4ccccn4)c(Cl)c3)c12)C(=O)NCCO. The third-order valence-electron chi connectivity index (χ3n) is 4.76. The molecule has 1 amide bonds. The zero-order valence-electron chi connectivity index (χ0n) is 18.2. The van der Waals surface area contributed by atoms with E-state index in [9.17, 15) is 4.79 Å². The highest BCUT2D eigenvalue weighted by Crippen LogP contribution is 2.35. The summed E-state index contributed by atoms with van der Waals surface area (Å²) >= 11 is 6.43. The van der Waals surface area contributed by atoms with Crippen LogP contribution >= 0.6 is 11.6 Å². The second kappa shape index (κ2) is 10.8. The fourth-order valence-corrected chi connectivity index (χ4v) is 3.38. The Kier molecular flexibility index (Phi) is 7.36. The largest absolute Gasteiger partial charge is 0.480 e. The van der Waals surface area contributed by atoms with Crippen LogP contribution in [-0.4, -0.2) is 45.2 Å². The number of fused-ring (bicyclic) bond motifs is 1. The molecule has 10 heteroatoms. The highest BCUT2D eigenvalue weighted by molar-refractivity contribution is 6.32. The minimum Gasteiger partial charge on any atom is -0.480 e. The Hall–Kier alpha value is -3.95. The summed E-state index contributed by atoms with van der Waals surface area (Å²) < 4.78 is 11.6. The molecule has 2 heterocycles. The predicted molar refractivity (Wildman–Crippen MR) is 129 cm³/mol. The molecule has 4 aromatic rings. The highest BCUT2D eigenvalue weighted by Gasteiger charge is 2.18. The van der Waals surface area contributed by atoms with Crippen LogP contribution in [0.25, 0.3) is 10.9 Å². The zero-order valence-corrected chi connectivity index (χ0v) is 19.0. The van der Waals surface area contributed by atoms with Crippen molar-refractivity contribution in [3.8, 4) is 17.4 Å². The molecule has 0 spiro atoms. The minimum absolute atomic E-state index is 0.150. The number of carbonyl (C=O) groups excluding carboxylic acids is 1. The van der Waals surface area contributed by atoms with Crippen LogP contribution in [-0.2, 0) is 4.79 Å². The molecule has 34 heavy (non-hydrogen) atoms. The fraction of sp³-hybridized carbons (Fsp3) is 0.167. The predicted octanol–water partition coefficient (Wildman–Crippen LogP) is 4.09. The van der Waals surface area contributed by atoms with Gasteiger partial charge in [-0.2, -0.15) is 0 Å². The first-order valence-electron chi connectivity index (χ1n) is 10.5. The van der Waals surface area contributed by atoms with Crippen molar-refractivity contribution < 1.29 is 19.4 Å². The number of anilines is 2. The maximum Gasteiger partial charge on any atom is 0.260 e. The van der Waals surface area contributed by atoms with Gasteiger partial charge in [0.2, 0.25) is 5.88 Å². The van der Waals surface area contributed by atoms with Gasteiger partial charge in [0, 0.05) is 24.5 Å². The summed E-state index contributed by atoms with van der Waals surface area (Å²) in [6.45, 7) is 1.63. The molecule has 0 aliphatic rings. The number of carbonyl (C=O) groups is 1. The average Bonchev–Trinajstić information content (AvgIpc) is 2.85. The van der Waals surface area contributed by atoms with Gasteiger partial charge in [-0.05, 0) is 43.3 Å². The van der Waals surface area contributed by atoms with Gasteiger partial charge < -0.3 is 25.2 Å². The minimum atomic E-state index is -0.789. The van der Waals surface area contributed by atoms with E-state index in [2.05, 4.69) is 25.6 Å². The van der Waals surface area contributed by atoms with Crippen LogP contribution in [0.4, 0.5) is 11.5 Å². The normalized spacial score (nSPS) is 11.6. The quantitative estimate of drug-likeness (QED) is 0.328. The van der Waals surface area contributed by atoms with Gasteiger partial charge in [0.1, 0.15) is 23.6 Å². The monoisotopic (exact) mass is 479 g/mol. The number of benzene rings is 2. The third-order valence-corrected chi connectivity index (χ3v) is 5.05. The van der Waals surface area contributed by atoms with Gasteiger partial charge >= 0.3 is 0 Å². The summed E-state index contributed by atoms with van der Waals surface area (Å²) in [7, 11) is 0. The van der Waals surface area contributed by atoms with Crippen LogP contribution in [0.5, 0.6) is 17.4 Å². The lowest BCUT2D eigenvalue weighted by molar-refractivity contribution is -0.127. The number of halogens is 1. The number of nitrogens with zero attached hydrogens (tertiary/aromatic N) is 3. The summed E-state index contributed by atoms with van der Waals surface area (Å²) in [4.78, 5) is 25.0. The molecule has 1 atom stereocenters. The summed E-state index contributed by atoms with van der Waals surface area (Å²) in [5, 5.41) is 15.7. The molecular weight excluding hydrogens is 458 g/mol. The van der Waals surface area contributed by atoms with Crippen LogP contribution in [0.15, 0.2) is 67.1 Å². The second-order valence-electron chi connectivity index (χ2n) is 7.19. The van der Waals surface area contributed by atoms with E-state index in [0.717, 1.165) is 0 Å². The standard InChI is InChI=1S/C24H22ClN5O4/c1-15(24(32)27-11-12-31)33-20-6-4-5-18-22(20)23(29-14-28-18)30-16-8-9-19(17(25)13-16)34-21-7-2-3-10-26-21/h2-10,13-15,31H,11-12H2,1H3,(H,27,32)(H,28,29,30)/t15-/m1/s1. The number of aromatic nitrogens is 3. The van der Waals surface area contributed by atoms with Crippen molar-refractivity contribution in [1.29, 1.82) is 0 Å². The molecule has 0 fully saturated rings. The lowest BCUT2D eigenvalue weighted by atomic mass is 10.2. The number of rotatable bonds is 9. The van der Waals surface area contributed by atoms with E-state index in [0.29, 0.717) is 44.8 Å². The van der Waals surface area contributed by atoms with Crippen LogP contribution in [0.2, 0.25) is 5.02 Å². The Morgan fingerprint density at radius 3 is 2.74 bits per heavy atom. The molecule has 4 rings (SSSR count). The Morgan fingerprint density at radius 2 is 1.97 bits per heavy atom. The van der Waals surface area contributed by atoms with Gasteiger partial charge in [-0.25, -0.2) is 15.0 Å². The van der Waals surface area contributed by atoms with Gasteiger partial charge in [0.25, 0.3) is 5.91 Å². The van der Waals surface area contributed by atoms with Crippen molar-refractivity contribution >= 4 is 39.9 Å². The van der Waals surface area contributed by atoms with Crippen LogP contribution in [0.3, 0.4) is 0 Å². The number of hydrogen-bond donors (Lipinski definition) is 3. The number of nitrogens with one attached hydrogen (secondary N) is 2. The Balaban J connectivity index is 1.58. The van der Waals surface area contributed by atoms with Gasteiger partial charge in [-0.15, -0.1) is 0 Å². The van der Waals surface area contributed by atoms with Crippen molar-refractivity contribution in [3.63, 3.8) is 0 Å². The van der Waals surface area contributed by atoms with E-state index >= 15 is 0 Å². The molecule has 0 aliphatic carbocycles. The molecule has 0 saturated carbocycles. The lowest BCUT2D eigenvalue weighted by Gasteiger charge is -2.17. The second-order valence-corrected chi connectivity index (χ2v) is 7.59. The van der Waals surface area contributed by atoms with E-state index in [1.54, 1.807) is 55.6 Å². The number of aliphatic hydroxyl groups excluding tert-OH is 1. The van der Waals surface area contributed by atoms with Gasteiger partial charge in [0.15, 0.2) is 6.10 Å².